The number of benzene rings is 2. The molecule has 29 heavy (non-hydrogen) atoms. The largest absolute Gasteiger partial charge is 0.486 e. The topological polar surface area (TPSA) is 65.5 Å². The number of rotatable bonds is 7. The van der Waals surface area contributed by atoms with Gasteiger partial charge in [-0.3, -0.25) is 4.79 Å². The molecular formula is C23H21NO4S. The summed E-state index contributed by atoms with van der Waals surface area (Å²) in [7, 11) is 0. The van der Waals surface area contributed by atoms with Crippen molar-refractivity contribution in [2.24, 2.45) is 0 Å². The zero-order valence-corrected chi connectivity index (χ0v) is 17.0. The van der Waals surface area contributed by atoms with Crippen molar-refractivity contribution in [3.8, 4) is 5.75 Å². The molecule has 2 aromatic carbocycles. The van der Waals surface area contributed by atoms with Gasteiger partial charge in [-0.1, -0.05) is 29.8 Å². The lowest BCUT2D eigenvalue weighted by Crippen LogP contribution is -2.15. The number of thiazole rings is 1. The van der Waals surface area contributed by atoms with Crippen LogP contribution in [0.1, 0.15) is 49.0 Å². The molecule has 1 aromatic heterocycles. The van der Waals surface area contributed by atoms with Crippen LogP contribution in [0.25, 0.3) is 0 Å². The van der Waals surface area contributed by atoms with E-state index in [1.54, 1.807) is 5.38 Å². The quantitative estimate of drug-likeness (QED) is 0.424. The molecule has 0 spiro atoms. The minimum absolute atomic E-state index is 0.194. The van der Waals surface area contributed by atoms with Crippen LogP contribution in [0.4, 0.5) is 0 Å². The van der Waals surface area contributed by atoms with Gasteiger partial charge in [0.1, 0.15) is 17.4 Å². The van der Waals surface area contributed by atoms with Crippen LogP contribution in [0.2, 0.25) is 0 Å². The molecular weight excluding hydrogens is 386 g/mol. The lowest BCUT2D eigenvalue weighted by Gasteiger charge is -2.05. The summed E-state index contributed by atoms with van der Waals surface area (Å²) in [5.74, 6) is -0.0570. The number of esters is 1. The van der Waals surface area contributed by atoms with Crippen LogP contribution in [-0.2, 0) is 24.2 Å². The highest BCUT2D eigenvalue weighted by molar-refractivity contribution is 7.09. The summed E-state index contributed by atoms with van der Waals surface area (Å²) < 4.78 is 10.8. The molecule has 0 saturated carbocycles. The zero-order valence-electron chi connectivity index (χ0n) is 16.1. The smallest absolute Gasteiger partial charge is 0.358 e. The minimum atomic E-state index is -0.600. The van der Waals surface area contributed by atoms with Gasteiger partial charge >= 0.3 is 5.97 Å². The Balaban J connectivity index is 1.29. The minimum Gasteiger partial charge on any atom is -0.486 e. The van der Waals surface area contributed by atoms with Crippen molar-refractivity contribution in [3.05, 3.63) is 80.8 Å². The van der Waals surface area contributed by atoms with E-state index in [2.05, 4.69) is 4.98 Å². The number of Topliss-reactive ketones (excluding diaryl/α,β-unsaturated/α-hetero) is 1. The number of carbonyl (C=O) groups excluding carboxylic acids is 2. The van der Waals surface area contributed by atoms with Crippen molar-refractivity contribution in [2.45, 2.75) is 32.8 Å². The van der Waals surface area contributed by atoms with Crippen LogP contribution in [-0.4, -0.2) is 23.3 Å². The van der Waals surface area contributed by atoms with Crippen LogP contribution >= 0.6 is 11.3 Å². The predicted octanol–water partition coefficient (Wildman–Crippen LogP) is 4.56. The van der Waals surface area contributed by atoms with Crippen LogP contribution in [0.5, 0.6) is 5.75 Å². The van der Waals surface area contributed by atoms with Crippen LogP contribution in [0.3, 0.4) is 0 Å². The van der Waals surface area contributed by atoms with Crippen molar-refractivity contribution >= 4 is 23.1 Å². The molecule has 1 heterocycles. The monoisotopic (exact) mass is 407 g/mol. The summed E-state index contributed by atoms with van der Waals surface area (Å²) in [6.07, 6.45) is 3.20. The number of hydrogen-bond donors (Lipinski definition) is 0. The van der Waals surface area contributed by atoms with Gasteiger partial charge in [-0.2, -0.15) is 0 Å². The number of ketones is 1. The van der Waals surface area contributed by atoms with E-state index in [0.717, 1.165) is 30.6 Å². The SMILES string of the molecule is Cc1ccc(OCc2nc(C(=O)OCC(=O)c3ccc4c(c3)CCC4)cs2)cc1. The standard InChI is InChI=1S/C23H21NO4S/c1-15-5-9-19(10-6-15)27-13-22-24-20(14-29-22)23(26)28-12-21(25)18-8-7-16-3-2-4-17(16)11-18/h5-11,14H,2-4,12-13H2,1H3. The fourth-order valence-electron chi connectivity index (χ4n) is 3.28. The van der Waals surface area contributed by atoms with Crippen LogP contribution in [0.15, 0.2) is 47.8 Å². The van der Waals surface area contributed by atoms with E-state index in [1.807, 2.05) is 49.4 Å². The van der Waals surface area contributed by atoms with Gasteiger partial charge in [-0.15, -0.1) is 11.3 Å². The Morgan fingerprint density at radius 3 is 2.69 bits per heavy atom. The summed E-state index contributed by atoms with van der Waals surface area (Å²) >= 11 is 1.32. The normalized spacial score (nSPS) is 12.4. The van der Waals surface area contributed by atoms with Gasteiger partial charge in [0.2, 0.25) is 0 Å². The number of ether oxygens (including phenoxy) is 2. The Labute approximate surface area is 173 Å². The molecule has 0 amide bonds. The van der Waals surface area contributed by atoms with E-state index in [0.29, 0.717) is 10.6 Å². The van der Waals surface area contributed by atoms with E-state index in [-0.39, 0.29) is 24.7 Å². The van der Waals surface area contributed by atoms with E-state index in [1.165, 1.54) is 22.5 Å². The molecule has 6 heteroatoms. The van der Waals surface area contributed by atoms with Gasteiger partial charge in [0.25, 0.3) is 0 Å². The molecule has 0 atom stereocenters. The lowest BCUT2D eigenvalue weighted by molar-refractivity contribution is 0.0469. The summed E-state index contributed by atoms with van der Waals surface area (Å²) in [5, 5.41) is 2.29. The molecule has 1 aliphatic carbocycles. The fourth-order valence-corrected chi connectivity index (χ4v) is 3.96. The highest BCUT2D eigenvalue weighted by Gasteiger charge is 2.17. The number of hydrogen-bond acceptors (Lipinski definition) is 6. The fraction of sp³-hybridized carbons (Fsp3) is 0.261. The molecule has 0 unspecified atom stereocenters. The van der Waals surface area contributed by atoms with Crippen LogP contribution < -0.4 is 4.74 Å². The Bertz CT molecular complexity index is 1040. The molecule has 0 fully saturated rings. The predicted molar refractivity (Wildman–Crippen MR) is 111 cm³/mol. The van der Waals surface area contributed by atoms with Crippen molar-refractivity contribution in [1.82, 2.24) is 4.98 Å². The Kier molecular flexibility index (Phi) is 5.71. The van der Waals surface area contributed by atoms with Crippen molar-refractivity contribution in [3.63, 3.8) is 0 Å². The van der Waals surface area contributed by atoms with E-state index in [9.17, 15) is 9.59 Å². The van der Waals surface area contributed by atoms with Crippen molar-refractivity contribution in [1.29, 1.82) is 0 Å². The maximum Gasteiger partial charge on any atom is 0.358 e. The molecule has 5 nitrogen and oxygen atoms in total. The molecule has 3 aromatic rings. The number of fused-ring (bicyclic) bond motifs is 1. The molecule has 0 radical (unpaired) electrons. The first-order valence-electron chi connectivity index (χ1n) is 9.54. The second kappa shape index (κ2) is 8.57. The first-order chi connectivity index (χ1) is 14.1. The lowest BCUT2D eigenvalue weighted by atomic mass is 10.0. The van der Waals surface area contributed by atoms with Gasteiger partial charge in [-0.25, -0.2) is 9.78 Å². The molecule has 0 N–H and O–H groups in total. The Morgan fingerprint density at radius 1 is 1.07 bits per heavy atom. The van der Waals surface area contributed by atoms with Gasteiger partial charge < -0.3 is 9.47 Å². The molecule has 148 valence electrons. The molecule has 0 aliphatic heterocycles. The number of nitrogens with zero attached hydrogens (tertiary/aromatic N) is 1. The number of aromatic nitrogens is 1. The third-order valence-corrected chi connectivity index (χ3v) is 5.72. The Hall–Kier alpha value is -2.99. The average molecular weight is 407 g/mol. The van der Waals surface area contributed by atoms with E-state index >= 15 is 0 Å². The highest BCUT2D eigenvalue weighted by Crippen LogP contribution is 2.23. The maximum atomic E-state index is 12.4. The third kappa shape index (κ3) is 4.71. The first-order valence-corrected chi connectivity index (χ1v) is 10.4. The summed E-state index contributed by atoms with van der Waals surface area (Å²) in [6.45, 7) is 2.00. The molecule has 0 saturated heterocycles. The average Bonchev–Trinajstić information content (AvgIpc) is 3.40. The van der Waals surface area contributed by atoms with E-state index < -0.39 is 5.97 Å². The third-order valence-electron chi connectivity index (χ3n) is 4.90. The van der Waals surface area contributed by atoms with Gasteiger partial charge in [0, 0.05) is 10.9 Å². The van der Waals surface area contributed by atoms with Crippen molar-refractivity contribution < 1.29 is 19.1 Å². The summed E-state index contributed by atoms with van der Waals surface area (Å²) in [6, 6.07) is 13.4. The molecule has 4 rings (SSSR count). The second-order valence-corrected chi connectivity index (χ2v) is 8.01. The first kappa shape index (κ1) is 19.3. The molecule has 1 aliphatic rings. The van der Waals surface area contributed by atoms with Crippen molar-refractivity contribution in [2.75, 3.05) is 6.61 Å². The van der Waals surface area contributed by atoms with E-state index in [4.69, 9.17) is 9.47 Å². The highest BCUT2D eigenvalue weighted by atomic mass is 32.1. The van der Waals surface area contributed by atoms with Crippen LogP contribution in [0, 0.1) is 6.92 Å². The maximum absolute atomic E-state index is 12.4. The summed E-state index contributed by atoms with van der Waals surface area (Å²) in [5.41, 5.74) is 4.47. The number of carbonyl (C=O) groups is 2. The number of aryl methyl sites for hydroxylation is 3. The molecule has 0 bridgehead atoms. The zero-order chi connectivity index (χ0) is 20.2. The second-order valence-electron chi connectivity index (χ2n) is 7.06. The van der Waals surface area contributed by atoms with Gasteiger partial charge in [-0.05, 0) is 55.5 Å². The Morgan fingerprint density at radius 2 is 1.86 bits per heavy atom. The van der Waals surface area contributed by atoms with Gasteiger partial charge in [0.15, 0.2) is 18.1 Å². The van der Waals surface area contributed by atoms with Gasteiger partial charge in [0.05, 0.1) is 0 Å². The summed E-state index contributed by atoms with van der Waals surface area (Å²) in [4.78, 5) is 28.8.